The molecule has 0 spiro atoms. The molecule has 5 rings (SSSR count). The SMILES string of the molecule is C=C1C=C(CC2CCN(c3ncc(CCC)cn3)CC2)C=CN1c1ccc(N2CCC(O)C2=O)c(C)n1. The number of anilines is 3. The van der Waals surface area contributed by atoms with E-state index in [0.717, 1.165) is 74.0 Å². The maximum absolute atomic E-state index is 12.2. The number of rotatable bonds is 7. The van der Waals surface area contributed by atoms with Crippen LogP contribution in [-0.2, 0) is 11.2 Å². The van der Waals surface area contributed by atoms with Crippen LogP contribution in [0.15, 0.2) is 60.7 Å². The first-order chi connectivity index (χ1) is 17.9. The highest BCUT2D eigenvalue weighted by Gasteiger charge is 2.32. The van der Waals surface area contributed by atoms with Gasteiger partial charge in [0.05, 0.1) is 11.4 Å². The van der Waals surface area contributed by atoms with Crippen molar-refractivity contribution in [2.75, 3.05) is 34.3 Å². The summed E-state index contributed by atoms with van der Waals surface area (Å²) in [6.45, 7) is 10.8. The third-order valence-electron chi connectivity index (χ3n) is 7.51. The number of piperidine rings is 1. The summed E-state index contributed by atoms with van der Waals surface area (Å²) in [5.41, 5.74) is 4.87. The third-order valence-corrected chi connectivity index (χ3v) is 7.51. The molecule has 2 aromatic rings. The lowest BCUT2D eigenvalue weighted by atomic mass is 9.89. The smallest absolute Gasteiger partial charge is 0.255 e. The second kappa shape index (κ2) is 10.8. The quantitative estimate of drug-likeness (QED) is 0.606. The van der Waals surface area contributed by atoms with Gasteiger partial charge in [-0.3, -0.25) is 4.79 Å². The molecular formula is C29H36N6O2. The van der Waals surface area contributed by atoms with Crippen LogP contribution in [0.4, 0.5) is 17.5 Å². The summed E-state index contributed by atoms with van der Waals surface area (Å²) in [5, 5.41) is 9.79. The van der Waals surface area contributed by atoms with E-state index in [4.69, 9.17) is 4.98 Å². The molecule has 2 aromatic heterocycles. The third kappa shape index (κ3) is 5.44. The summed E-state index contributed by atoms with van der Waals surface area (Å²) in [6.07, 6.45) is 15.2. The van der Waals surface area contributed by atoms with Gasteiger partial charge in [0.15, 0.2) is 0 Å². The Balaban J connectivity index is 1.16. The van der Waals surface area contributed by atoms with Crippen LogP contribution in [0.2, 0.25) is 0 Å². The van der Waals surface area contributed by atoms with Crippen LogP contribution < -0.4 is 14.7 Å². The van der Waals surface area contributed by atoms with Gasteiger partial charge in [-0.2, -0.15) is 0 Å². The van der Waals surface area contributed by atoms with Gasteiger partial charge in [0.25, 0.3) is 5.91 Å². The van der Waals surface area contributed by atoms with Crippen molar-refractivity contribution in [2.24, 2.45) is 5.92 Å². The zero-order valence-electron chi connectivity index (χ0n) is 21.8. The standard InChI is InChI=1S/C29H36N6O2/c1-4-5-24-18-30-29(31-19-24)33-12-8-22(9-13-33)17-23-10-14-34(20(2)16-23)27-7-6-25(21(3)32-27)35-15-11-26(36)28(35)37/h6-7,10,14,16,18-19,22,26,36H,2,4-5,8-9,11-13,15,17H2,1,3H3. The Morgan fingerprint density at radius 1 is 1.11 bits per heavy atom. The molecule has 194 valence electrons. The van der Waals surface area contributed by atoms with Gasteiger partial charge in [0, 0.05) is 50.3 Å². The molecule has 0 aromatic carbocycles. The Morgan fingerprint density at radius 2 is 1.86 bits per heavy atom. The number of pyridine rings is 1. The van der Waals surface area contributed by atoms with Crippen molar-refractivity contribution in [3.05, 3.63) is 72.0 Å². The molecular weight excluding hydrogens is 464 g/mol. The lowest BCUT2D eigenvalue weighted by molar-refractivity contribution is -0.124. The van der Waals surface area contributed by atoms with E-state index >= 15 is 0 Å². The lowest BCUT2D eigenvalue weighted by Crippen LogP contribution is -2.35. The van der Waals surface area contributed by atoms with E-state index in [-0.39, 0.29) is 5.91 Å². The first kappa shape index (κ1) is 25.1. The molecule has 1 amide bonds. The van der Waals surface area contributed by atoms with E-state index in [9.17, 15) is 9.90 Å². The number of aromatic nitrogens is 3. The Bertz CT molecular complexity index is 1210. The second-order valence-electron chi connectivity index (χ2n) is 10.2. The first-order valence-electron chi connectivity index (χ1n) is 13.3. The van der Waals surface area contributed by atoms with Crippen LogP contribution in [0.5, 0.6) is 0 Å². The van der Waals surface area contributed by atoms with Crippen LogP contribution in [0, 0.1) is 12.8 Å². The highest BCUT2D eigenvalue weighted by Crippen LogP contribution is 2.32. The number of amides is 1. The largest absolute Gasteiger partial charge is 0.383 e. The molecule has 2 fully saturated rings. The molecule has 8 nitrogen and oxygen atoms in total. The molecule has 1 N–H and O–H groups in total. The van der Waals surface area contributed by atoms with E-state index < -0.39 is 6.10 Å². The van der Waals surface area contributed by atoms with Crippen molar-refractivity contribution in [3.63, 3.8) is 0 Å². The number of nitrogens with zero attached hydrogens (tertiary/aromatic N) is 6. The number of hydrogen-bond donors (Lipinski definition) is 1. The summed E-state index contributed by atoms with van der Waals surface area (Å²) < 4.78 is 0. The molecule has 1 atom stereocenters. The van der Waals surface area contributed by atoms with Gasteiger partial charge in [-0.15, -0.1) is 0 Å². The minimum atomic E-state index is -0.912. The van der Waals surface area contributed by atoms with Crippen LogP contribution in [0.3, 0.4) is 0 Å². The summed E-state index contributed by atoms with van der Waals surface area (Å²) in [5.74, 6) is 1.98. The van der Waals surface area contributed by atoms with Crippen molar-refractivity contribution in [3.8, 4) is 0 Å². The van der Waals surface area contributed by atoms with Crippen molar-refractivity contribution < 1.29 is 9.90 Å². The number of aliphatic hydroxyl groups is 1. The molecule has 3 aliphatic rings. The maximum atomic E-state index is 12.2. The number of carbonyl (C=O) groups is 1. The van der Waals surface area contributed by atoms with Crippen LogP contribution >= 0.6 is 0 Å². The van der Waals surface area contributed by atoms with Crippen molar-refractivity contribution >= 4 is 23.4 Å². The van der Waals surface area contributed by atoms with E-state index in [0.29, 0.717) is 18.9 Å². The summed E-state index contributed by atoms with van der Waals surface area (Å²) in [6, 6.07) is 3.81. The molecule has 5 heterocycles. The fourth-order valence-electron chi connectivity index (χ4n) is 5.41. The maximum Gasteiger partial charge on any atom is 0.255 e. The van der Waals surface area contributed by atoms with Gasteiger partial charge in [0.2, 0.25) is 5.95 Å². The summed E-state index contributed by atoms with van der Waals surface area (Å²) in [7, 11) is 0. The van der Waals surface area contributed by atoms with E-state index in [1.54, 1.807) is 4.90 Å². The molecule has 8 heteroatoms. The average molecular weight is 501 g/mol. The lowest BCUT2D eigenvalue weighted by Gasteiger charge is -2.33. The van der Waals surface area contributed by atoms with Gasteiger partial charge in [-0.05, 0) is 73.9 Å². The summed E-state index contributed by atoms with van der Waals surface area (Å²) in [4.78, 5) is 32.0. The number of aliphatic hydroxyl groups excluding tert-OH is 1. The van der Waals surface area contributed by atoms with Crippen molar-refractivity contribution in [1.29, 1.82) is 0 Å². The Labute approximate surface area is 219 Å². The fraction of sp³-hybridized carbons (Fsp3) is 0.448. The van der Waals surface area contributed by atoms with E-state index in [1.165, 1.54) is 11.1 Å². The van der Waals surface area contributed by atoms with Gasteiger partial charge < -0.3 is 19.8 Å². The van der Waals surface area contributed by atoms with Gasteiger partial charge in [0.1, 0.15) is 11.9 Å². The van der Waals surface area contributed by atoms with Crippen LogP contribution in [0.25, 0.3) is 0 Å². The van der Waals surface area contributed by atoms with Crippen LogP contribution in [-0.4, -0.2) is 51.7 Å². The number of allylic oxidation sites excluding steroid dienone is 3. The molecule has 37 heavy (non-hydrogen) atoms. The van der Waals surface area contributed by atoms with E-state index in [2.05, 4.69) is 40.5 Å². The van der Waals surface area contributed by atoms with Crippen molar-refractivity contribution in [2.45, 2.75) is 58.5 Å². The molecule has 0 radical (unpaired) electrons. The minimum absolute atomic E-state index is 0.254. The monoisotopic (exact) mass is 500 g/mol. The molecule has 3 aliphatic heterocycles. The van der Waals surface area contributed by atoms with Crippen molar-refractivity contribution in [1.82, 2.24) is 15.0 Å². The highest BCUT2D eigenvalue weighted by atomic mass is 16.3. The Kier molecular flexibility index (Phi) is 7.37. The topological polar surface area (TPSA) is 85.7 Å². The molecule has 0 saturated carbocycles. The second-order valence-corrected chi connectivity index (χ2v) is 10.2. The zero-order valence-corrected chi connectivity index (χ0v) is 21.8. The van der Waals surface area contributed by atoms with E-state index in [1.807, 2.05) is 42.6 Å². The Morgan fingerprint density at radius 3 is 2.49 bits per heavy atom. The van der Waals surface area contributed by atoms with Gasteiger partial charge in [-0.25, -0.2) is 15.0 Å². The minimum Gasteiger partial charge on any atom is -0.383 e. The average Bonchev–Trinajstić information content (AvgIpc) is 3.23. The predicted molar refractivity (Wildman–Crippen MR) is 146 cm³/mol. The molecule has 2 saturated heterocycles. The fourth-order valence-corrected chi connectivity index (χ4v) is 5.41. The molecule has 0 aliphatic carbocycles. The molecule has 0 bridgehead atoms. The van der Waals surface area contributed by atoms with Crippen LogP contribution in [0.1, 0.15) is 50.3 Å². The predicted octanol–water partition coefficient (Wildman–Crippen LogP) is 4.31. The van der Waals surface area contributed by atoms with Gasteiger partial charge >= 0.3 is 0 Å². The number of aryl methyl sites for hydroxylation is 2. The summed E-state index contributed by atoms with van der Waals surface area (Å²) >= 11 is 0. The normalized spacial score (nSPS) is 20.7. The Hall–Kier alpha value is -3.52. The zero-order chi connectivity index (χ0) is 25.9. The number of carbonyl (C=O) groups excluding carboxylic acids is 1. The van der Waals surface area contributed by atoms with Gasteiger partial charge in [-0.1, -0.05) is 19.9 Å². The first-order valence-corrected chi connectivity index (χ1v) is 13.3. The number of hydrogen-bond acceptors (Lipinski definition) is 7. The molecule has 1 unspecified atom stereocenters. The highest BCUT2D eigenvalue weighted by molar-refractivity contribution is 5.99.